The third-order valence-electron chi connectivity index (χ3n) is 5.31. The lowest BCUT2D eigenvalue weighted by atomic mass is 10.1. The highest BCUT2D eigenvalue weighted by molar-refractivity contribution is 8.27. The summed E-state index contributed by atoms with van der Waals surface area (Å²) < 4.78 is 16.7. The summed E-state index contributed by atoms with van der Waals surface area (Å²) in [6.45, 7) is 0.690. The molecular weight excluding hydrogens is 476 g/mol. The van der Waals surface area contributed by atoms with E-state index < -0.39 is 5.91 Å². The van der Waals surface area contributed by atoms with Crippen molar-refractivity contribution in [3.63, 3.8) is 0 Å². The normalized spacial score (nSPS) is 15.9. The highest BCUT2D eigenvalue weighted by Crippen LogP contribution is 2.31. The number of carbonyl (C=O) groups is 1. The molecule has 5 rings (SSSR count). The number of nitrogens with zero attached hydrogens (tertiary/aromatic N) is 3. The number of benzene rings is 3. The Morgan fingerprint density at radius 2 is 1.61 bits per heavy atom. The number of aliphatic imine (C=N–C) groups is 1. The van der Waals surface area contributed by atoms with E-state index in [1.807, 2.05) is 72.8 Å². The maximum Gasteiger partial charge on any atom is 0.283 e. The minimum absolute atomic E-state index is 0.0126. The molecule has 0 radical (unpaired) electrons. The van der Waals surface area contributed by atoms with Crippen LogP contribution in [0.3, 0.4) is 0 Å². The quantitative estimate of drug-likeness (QED) is 0.353. The summed E-state index contributed by atoms with van der Waals surface area (Å²) in [7, 11) is 1.61. The Kier molecular flexibility index (Phi) is 6.81. The van der Waals surface area contributed by atoms with Gasteiger partial charge in [0.05, 0.1) is 12.7 Å². The Hall–Kier alpha value is -4.37. The molecular formula is C27H22N4O4S. The molecule has 2 aliphatic heterocycles. The first kappa shape index (κ1) is 23.4. The lowest BCUT2D eigenvalue weighted by molar-refractivity contribution is -0.114. The van der Waals surface area contributed by atoms with E-state index in [0.29, 0.717) is 40.5 Å². The van der Waals surface area contributed by atoms with Crippen LogP contribution in [-0.4, -0.2) is 47.3 Å². The van der Waals surface area contributed by atoms with Gasteiger partial charge in [0.25, 0.3) is 5.91 Å². The van der Waals surface area contributed by atoms with Crippen LogP contribution in [0.1, 0.15) is 11.1 Å². The number of rotatable bonds is 8. The number of hydrazone groups is 1. The number of thioether (sulfide) groups is 1. The zero-order valence-electron chi connectivity index (χ0n) is 19.4. The number of carbonyl (C=O) groups excluding carboxylic acids is 1. The van der Waals surface area contributed by atoms with Gasteiger partial charge in [-0.3, -0.25) is 10.2 Å². The molecule has 2 aliphatic rings. The van der Waals surface area contributed by atoms with Crippen LogP contribution in [0, 0.1) is 5.41 Å². The predicted molar refractivity (Wildman–Crippen MR) is 141 cm³/mol. The summed E-state index contributed by atoms with van der Waals surface area (Å²) >= 11 is 1.28. The van der Waals surface area contributed by atoms with Crippen LogP contribution in [0.15, 0.2) is 94.5 Å². The number of methoxy groups -OCH3 is 1. The van der Waals surface area contributed by atoms with E-state index >= 15 is 0 Å². The van der Waals surface area contributed by atoms with Crippen LogP contribution in [0.4, 0.5) is 0 Å². The van der Waals surface area contributed by atoms with Crippen molar-refractivity contribution in [2.45, 2.75) is 0 Å². The van der Waals surface area contributed by atoms with Gasteiger partial charge in [0.2, 0.25) is 5.17 Å². The third kappa shape index (κ3) is 5.16. The summed E-state index contributed by atoms with van der Waals surface area (Å²) in [5.41, 5.74) is 1.79. The minimum atomic E-state index is -0.471. The molecule has 0 bridgehead atoms. The number of fused-ring (bicyclic) bond motifs is 1. The zero-order chi connectivity index (χ0) is 24.9. The van der Waals surface area contributed by atoms with Crippen molar-refractivity contribution in [2.24, 2.45) is 10.1 Å². The third-order valence-corrected chi connectivity index (χ3v) is 6.26. The van der Waals surface area contributed by atoms with Gasteiger partial charge in [-0.1, -0.05) is 48.5 Å². The van der Waals surface area contributed by atoms with Crippen molar-refractivity contribution >= 4 is 39.8 Å². The topological polar surface area (TPSA) is 96.6 Å². The maximum atomic E-state index is 12.7. The van der Waals surface area contributed by atoms with E-state index in [1.54, 1.807) is 19.3 Å². The van der Waals surface area contributed by atoms with Crippen molar-refractivity contribution in [1.29, 1.82) is 5.41 Å². The van der Waals surface area contributed by atoms with E-state index in [0.717, 1.165) is 11.3 Å². The number of amidine groups is 2. The molecule has 3 aromatic rings. The van der Waals surface area contributed by atoms with Crippen molar-refractivity contribution < 1.29 is 19.0 Å². The zero-order valence-corrected chi connectivity index (χ0v) is 20.2. The van der Waals surface area contributed by atoms with Crippen LogP contribution >= 0.6 is 11.8 Å². The van der Waals surface area contributed by atoms with E-state index in [-0.39, 0.29) is 11.4 Å². The van der Waals surface area contributed by atoms with E-state index in [9.17, 15) is 4.79 Å². The van der Waals surface area contributed by atoms with Crippen molar-refractivity contribution in [2.75, 3.05) is 20.3 Å². The molecule has 9 heteroatoms. The fourth-order valence-corrected chi connectivity index (χ4v) is 4.46. The van der Waals surface area contributed by atoms with Gasteiger partial charge in [0.1, 0.15) is 35.5 Å². The second-order valence-electron chi connectivity index (χ2n) is 7.74. The number of amides is 1. The molecule has 1 amide bonds. The van der Waals surface area contributed by atoms with Crippen LogP contribution in [0.5, 0.6) is 17.2 Å². The molecule has 0 atom stereocenters. The first-order valence-electron chi connectivity index (χ1n) is 11.2. The fourth-order valence-electron chi connectivity index (χ4n) is 3.56. The van der Waals surface area contributed by atoms with Crippen LogP contribution in [0.2, 0.25) is 0 Å². The van der Waals surface area contributed by atoms with Gasteiger partial charge in [0, 0.05) is 11.6 Å². The maximum absolute atomic E-state index is 12.7. The lowest BCUT2D eigenvalue weighted by Crippen LogP contribution is -2.35. The molecule has 0 aliphatic carbocycles. The lowest BCUT2D eigenvalue weighted by Gasteiger charge is -2.20. The second kappa shape index (κ2) is 10.5. The van der Waals surface area contributed by atoms with Crippen molar-refractivity contribution in [3.05, 3.63) is 95.6 Å². The van der Waals surface area contributed by atoms with Gasteiger partial charge >= 0.3 is 0 Å². The van der Waals surface area contributed by atoms with E-state index in [1.165, 1.54) is 16.8 Å². The van der Waals surface area contributed by atoms with Gasteiger partial charge in [-0.05, 0) is 47.7 Å². The molecule has 2 heterocycles. The van der Waals surface area contributed by atoms with Gasteiger partial charge in [-0.25, -0.2) is 0 Å². The molecule has 0 spiro atoms. The van der Waals surface area contributed by atoms with Crippen molar-refractivity contribution in [3.8, 4) is 17.2 Å². The van der Waals surface area contributed by atoms with Crippen LogP contribution < -0.4 is 14.2 Å². The molecule has 0 saturated carbocycles. The van der Waals surface area contributed by atoms with Crippen LogP contribution in [-0.2, 0) is 4.79 Å². The average Bonchev–Trinajstić information content (AvgIpc) is 3.34. The first-order valence-corrected chi connectivity index (χ1v) is 12.0. The number of nitrogens with one attached hydrogen (secondary N) is 1. The molecule has 180 valence electrons. The average molecular weight is 499 g/mol. The second-order valence-corrected chi connectivity index (χ2v) is 8.70. The molecule has 0 unspecified atom stereocenters. The Bertz CT molecular complexity index is 1400. The highest BCUT2D eigenvalue weighted by atomic mass is 32.2. The Balaban J connectivity index is 1.25. The minimum Gasteiger partial charge on any atom is -0.497 e. The Labute approximate surface area is 212 Å². The summed E-state index contributed by atoms with van der Waals surface area (Å²) in [6, 6.07) is 24.3. The van der Waals surface area contributed by atoms with E-state index in [4.69, 9.17) is 19.6 Å². The van der Waals surface area contributed by atoms with E-state index in [2.05, 4.69) is 10.1 Å². The summed E-state index contributed by atoms with van der Waals surface area (Å²) in [5, 5.41) is 15.6. The standard InChI is InChI=1S/C27H22N4O4S/c1-33-20-10-6-12-22(17-20)35-14-13-34-21-11-5-7-18(15-21)16-23-24(28)31-27(29-25(23)32)36-26(30-31)19-8-3-2-4-9-19/h2-12,15-17,28H,13-14H2,1H3. The summed E-state index contributed by atoms with van der Waals surface area (Å²) in [5.74, 6) is 1.56. The predicted octanol–water partition coefficient (Wildman–Crippen LogP) is 4.82. The molecule has 0 aromatic heterocycles. The monoisotopic (exact) mass is 498 g/mol. The molecule has 1 N–H and O–H groups in total. The largest absolute Gasteiger partial charge is 0.497 e. The number of hydrogen-bond donors (Lipinski definition) is 1. The van der Waals surface area contributed by atoms with Gasteiger partial charge in [-0.2, -0.15) is 15.1 Å². The first-order chi connectivity index (χ1) is 17.6. The fraction of sp³-hybridized carbons (Fsp3) is 0.111. The van der Waals surface area contributed by atoms with Gasteiger partial charge in [-0.15, -0.1) is 0 Å². The number of hydrogen-bond acceptors (Lipinski definition) is 7. The SMILES string of the molecule is COc1cccc(OCCOc2cccc(C=C3C(=N)N4N=C(c5ccccc5)SC4=NC3=O)c2)c1. The summed E-state index contributed by atoms with van der Waals surface area (Å²) in [6.07, 6.45) is 1.63. The summed E-state index contributed by atoms with van der Waals surface area (Å²) in [4.78, 5) is 16.9. The van der Waals surface area contributed by atoms with Crippen molar-refractivity contribution in [1.82, 2.24) is 5.01 Å². The molecule has 0 fully saturated rings. The Morgan fingerprint density at radius 3 is 2.36 bits per heavy atom. The molecule has 0 saturated heterocycles. The molecule has 3 aromatic carbocycles. The Morgan fingerprint density at radius 1 is 0.917 bits per heavy atom. The van der Waals surface area contributed by atoms with Crippen LogP contribution in [0.25, 0.3) is 6.08 Å². The number of ether oxygens (including phenoxy) is 3. The molecule has 36 heavy (non-hydrogen) atoms. The smallest absolute Gasteiger partial charge is 0.283 e. The highest BCUT2D eigenvalue weighted by Gasteiger charge is 2.35. The van der Waals surface area contributed by atoms with Gasteiger partial charge < -0.3 is 14.2 Å². The molecule has 8 nitrogen and oxygen atoms in total. The van der Waals surface area contributed by atoms with Gasteiger partial charge in [0.15, 0.2) is 5.84 Å².